The van der Waals surface area contributed by atoms with Crippen molar-refractivity contribution >= 4 is 11.9 Å². The fraction of sp³-hybridized carbons (Fsp3) is 0.850. The molecule has 2 N–H and O–H groups in total. The Morgan fingerprint density at radius 3 is 1.83 bits per heavy atom. The number of nitrogens with zero attached hydrogens (tertiary/aromatic N) is 8. The molecule has 1 saturated heterocycles. The van der Waals surface area contributed by atoms with Crippen LogP contribution in [0.2, 0.25) is 0 Å². The molecule has 0 spiro atoms. The summed E-state index contributed by atoms with van der Waals surface area (Å²) in [4.78, 5) is 19.6. The second-order valence-electron chi connectivity index (χ2n) is 7.43. The van der Waals surface area contributed by atoms with Crippen LogP contribution in [-0.2, 0) is 23.7 Å². The Hall–Kier alpha value is -2.52. The van der Waals surface area contributed by atoms with E-state index in [-0.39, 0.29) is 12.0 Å². The Balaban J connectivity index is 1.38. The molecule has 35 heavy (non-hydrogen) atoms. The molecule has 15 heteroatoms. The van der Waals surface area contributed by atoms with Crippen LogP contribution >= 0.6 is 0 Å². The van der Waals surface area contributed by atoms with Gasteiger partial charge in [-0.25, -0.2) is 0 Å². The fourth-order valence-corrected chi connectivity index (χ4v) is 2.90. The molecule has 0 saturated carbocycles. The van der Waals surface area contributed by atoms with Gasteiger partial charge in [0.15, 0.2) is 0 Å². The number of likely N-dealkylation sites (N-methyl/N-ethyl adjacent to an activating group) is 1. The van der Waals surface area contributed by atoms with Crippen LogP contribution in [0, 0.1) is 0 Å². The lowest BCUT2D eigenvalue weighted by Gasteiger charge is -2.32. The molecule has 15 nitrogen and oxygen atoms in total. The Labute approximate surface area is 205 Å². The molecule has 0 unspecified atom stereocenters. The lowest BCUT2D eigenvalue weighted by molar-refractivity contribution is -0.0124. The molecule has 0 radical (unpaired) electrons. The maximum Gasteiger partial charge on any atom is 0.323 e. The van der Waals surface area contributed by atoms with E-state index in [0.717, 1.165) is 26.2 Å². The summed E-state index contributed by atoms with van der Waals surface area (Å²) < 4.78 is 32.5. The Morgan fingerprint density at radius 2 is 1.29 bits per heavy atom. The van der Waals surface area contributed by atoms with Gasteiger partial charge in [0.2, 0.25) is 11.9 Å². The van der Waals surface area contributed by atoms with Gasteiger partial charge in [-0.05, 0) is 12.6 Å². The molecule has 1 aliphatic rings. The van der Waals surface area contributed by atoms with E-state index in [0.29, 0.717) is 85.2 Å². The SMILES string of the molecule is CN1CCN(c2nc(N)nc(OCCOCCOCCOCCOCCOCCN=[N+]=[N-])n2)CC1. The third kappa shape index (κ3) is 13.8. The molecule has 2 rings (SSSR count). The van der Waals surface area contributed by atoms with Gasteiger partial charge in [0.25, 0.3) is 0 Å². The first-order valence-electron chi connectivity index (χ1n) is 11.7. The average Bonchev–Trinajstić information content (AvgIpc) is 2.85. The first kappa shape index (κ1) is 28.7. The van der Waals surface area contributed by atoms with Crippen LogP contribution in [0.1, 0.15) is 0 Å². The molecule has 1 aromatic rings. The largest absolute Gasteiger partial charge is 0.461 e. The van der Waals surface area contributed by atoms with Crippen molar-refractivity contribution in [3.63, 3.8) is 0 Å². The lowest BCUT2D eigenvalue weighted by Crippen LogP contribution is -2.45. The van der Waals surface area contributed by atoms with Crippen molar-refractivity contribution in [1.82, 2.24) is 19.9 Å². The molecule has 1 aliphatic heterocycles. The zero-order valence-electron chi connectivity index (χ0n) is 20.4. The Kier molecular flexibility index (Phi) is 15.4. The minimum absolute atomic E-state index is 0.139. The normalized spacial score (nSPS) is 14.1. The summed E-state index contributed by atoms with van der Waals surface area (Å²) in [5, 5.41) is 3.37. The van der Waals surface area contributed by atoms with Gasteiger partial charge in [-0.1, -0.05) is 5.11 Å². The minimum Gasteiger partial charge on any atom is -0.461 e. The number of piperazine rings is 1. The predicted molar refractivity (Wildman–Crippen MR) is 128 cm³/mol. The van der Waals surface area contributed by atoms with Crippen molar-refractivity contribution in [2.24, 2.45) is 5.11 Å². The van der Waals surface area contributed by atoms with Crippen molar-refractivity contribution in [3.8, 4) is 6.01 Å². The third-order valence-corrected chi connectivity index (χ3v) is 4.75. The van der Waals surface area contributed by atoms with Gasteiger partial charge in [-0.2, -0.15) is 15.0 Å². The Bertz CT molecular complexity index is 733. The standard InChI is InChI=1S/C20H37N9O6/c1-28-3-5-29(6-4-28)19-24-18(21)25-20(26-19)35-17-16-34-15-14-33-13-12-32-11-10-31-9-8-30-7-2-23-27-22/h2-17H2,1H3,(H2,21,24,25,26). The van der Waals surface area contributed by atoms with Crippen LogP contribution in [0.15, 0.2) is 5.11 Å². The zero-order chi connectivity index (χ0) is 25.0. The van der Waals surface area contributed by atoms with E-state index in [2.05, 4.69) is 41.8 Å². The monoisotopic (exact) mass is 499 g/mol. The zero-order valence-corrected chi connectivity index (χ0v) is 20.4. The van der Waals surface area contributed by atoms with Crippen molar-refractivity contribution in [3.05, 3.63) is 10.4 Å². The Morgan fingerprint density at radius 1 is 0.771 bits per heavy atom. The number of anilines is 2. The quantitative estimate of drug-likeness (QED) is 0.110. The van der Waals surface area contributed by atoms with E-state index in [1.54, 1.807) is 0 Å². The number of hydrogen-bond acceptors (Lipinski definition) is 13. The van der Waals surface area contributed by atoms with Crippen LogP contribution in [0.3, 0.4) is 0 Å². The van der Waals surface area contributed by atoms with Crippen LogP contribution < -0.4 is 15.4 Å². The molecule has 0 amide bonds. The molecule has 1 aromatic heterocycles. The number of nitrogen functional groups attached to an aromatic ring is 1. The summed E-state index contributed by atoms with van der Waals surface area (Å²) >= 11 is 0. The van der Waals surface area contributed by atoms with E-state index in [4.69, 9.17) is 39.7 Å². The van der Waals surface area contributed by atoms with Gasteiger partial charge in [0, 0.05) is 37.6 Å². The average molecular weight is 500 g/mol. The number of rotatable bonds is 20. The summed E-state index contributed by atoms with van der Waals surface area (Å²) in [5.74, 6) is 0.677. The van der Waals surface area contributed by atoms with Crippen LogP contribution in [0.5, 0.6) is 6.01 Å². The highest BCUT2D eigenvalue weighted by Gasteiger charge is 2.18. The molecule has 2 heterocycles. The van der Waals surface area contributed by atoms with Crippen molar-refractivity contribution in [1.29, 1.82) is 0 Å². The van der Waals surface area contributed by atoms with Crippen molar-refractivity contribution in [2.75, 3.05) is 123 Å². The van der Waals surface area contributed by atoms with E-state index in [9.17, 15) is 0 Å². The number of nitrogens with two attached hydrogens (primary N) is 1. The van der Waals surface area contributed by atoms with Gasteiger partial charge in [-0.3, -0.25) is 0 Å². The molecule has 198 valence electrons. The number of hydrogen-bond donors (Lipinski definition) is 1. The maximum absolute atomic E-state index is 8.12. The first-order valence-corrected chi connectivity index (χ1v) is 11.7. The van der Waals surface area contributed by atoms with Gasteiger partial charge in [-0.15, -0.1) is 0 Å². The summed E-state index contributed by atoms with van der Waals surface area (Å²) in [5.41, 5.74) is 13.9. The molecule has 0 aromatic carbocycles. The van der Waals surface area contributed by atoms with Crippen LogP contribution in [0.25, 0.3) is 10.4 Å². The summed E-state index contributed by atoms with van der Waals surface area (Å²) in [6.07, 6.45) is 0. The molecule has 0 atom stereocenters. The highest BCUT2D eigenvalue weighted by molar-refractivity contribution is 5.36. The van der Waals surface area contributed by atoms with Crippen molar-refractivity contribution in [2.45, 2.75) is 0 Å². The summed E-state index contributed by atoms with van der Waals surface area (Å²) in [6.45, 7) is 8.68. The summed E-state index contributed by atoms with van der Waals surface area (Å²) in [7, 11) is 2.09. The predicted octanol–water partition coefficient (Wildman–Crippen LogP) is -0.0223. The lowest BCUT2D eigenvalue weighted by atomic mass is 10.3. The van der Waals surface area contributed by atoms with Gasteiger partial charge >= 0.3 is 6.01 Å². The molecule has 1 fully saturated rings. The smallest absolute Gasteiger partial charge is 0.323 e. The topological polar surface area (TPSA) is 175 Å². The fourth-order valence-electron chi connectivity index (χ4n) is 2.90. The highest BCUT2D eigenvalue weighted by atomic mass is 16.6. The van der Waals surface area contributed by atoms with E-state index < -0.39 is 0 Å². The van der Waals surface area contributed by atoms with Crippen LogP contribution in [0.4, 0.5) is 11.9 Å². The maximum atomic E-state index is 8.12. The van der Waals surface area contributed by atoms with Crippen LogP contribution in [-0.4, -0.2) is 132 Å². The first-order chi connectivity index (χ1) is 17.2. The van der Waals surface area contributed by atoms with E-state index >= 15 is 0 Å². The number of ether oxygens (including phenoxy) is 6. The van der Waals surface area contributed by atoms with E-state index in [1.807, 2.05) is 0 Å². The summed E-state index contributed by atoms with van der Waals surface area (Å²) in [6, 6.07) is 0.199. The molecule has 0 aliphatic carbocycles. The second kappa shape index (κ2) is 18.8. The minimum atomic E-state index is 0.139. The number of azide groups is 1. The number of aromatic nitrogens is 3. The molecule has 0 bridgehead atoms. The van der Waals surface area contributed by atoms with Gasteiger partial charge in [0.05, 0.1) is 66.1 Å². The molecular weight excluding hydrogens is 462 g/mol. The van der Waals surface area contributed by atoms with Gasteiger partial charge in [0.1, 0.15) is 6.61 Å². The van der Waals surface area contributed by atoms with Crippen molar-refractivity contribution < 1.29 is 28.4 Å². The van der Waals surface area contributed by atoms with E-state index in [1.165, 1.54) is 0 Å². The molecular formula is C20H37N9O6. The second-order valence-corrected chi connectivity index (χ2v) is 7.43. The highest BCUT2D eigenvalue weighted by Crippen LogP contribution is 2.15. The third-order valence-electron chi connectivity index (χ3n) is 4.75. The van der Waals surface area contributed by atoms with Gasteiger partial charge < -0.3 is 44.0 Å².